The zero-order chi connectivity index (χ0) is 14.7. The maximum Gasteiger partial charge on any atom is 0.330 e. The second-order valence-electron chi connectivity index (χ2n) is 4.68. The van der Waals surface area contributed by atoms with Crippen molar-refractivity contribution in [3.63, 3.8) is 0 Å². The Labute approximate surface area is 115 Å². The van der Waals surface area contributed by atoms with Gasteiger partial charge in [0.2, 0.25) is 0 Å². The molecule has 0 bridgehead atoms. The maximum absolute atomic E-state index is 11.8. The first-order valence-electron chi connectivity index (χ1n) is 6.53. The fourth-order valence-corrected chi connectivity index (χ4v) is 2.13. The van der Waals surface area contributed by atoms with Gasteiger partial charge in [0.05, 0.1) is 18.3 Å². The average Bonchev–Trinajstić information content (AvgIpc) is 2.79. The second kappa shape index (κ2) is 6.17. The fraction of sp³-hybridized carbons (Fsp3) is 0.538. The average molecular weight is 282 g/mol. The smallest absolute Gasteiger partial charge is 0.330 e. The number of nitrogens with one attached hydrogen (secondary N) is 1. The summed E-state index contributed by atoms with van der Waals surface area (Å²) in [5, 5.41) is 18.7. The number of allylic oxidation sites excluding steroid dienone is 1. The Morgan fingerprint density at radius 2 is 2.30 bits per heavy atom. The maximum atomic E-state index is 11.8. The van der Waals surface area contributed by atoms with Crippen LogP contribution in [0.25, 0.3) is 6.08 Å². The van der Waals surface area contributed by atoms with Crippen LogP contribution in [0.2, 0.25) is 0 Å². The lowest BCUT2D eigenvalue weighted by molar-refractivity contribution is -0.0459. The molecule has 0 amide bonds. The van der Waals surface area contributed by atoms with E-state index in [1.165, 1.54) is 10.8 Å². The van der Waals surface area contributed by atoms with Crippen LogP contribution >= 0.6 is 0 Å². The van der Waals surface area contributed by atoms with Crippen molar-refractivity contribution in [3.8, 4) is 0 Å². The highest BCUT2D eigenvalue weighted by molar-refractivity contribution is 5.46. The first kappa shape index (κ1) is 14.7. The van der Waals surface area contributed by atoms with Gasteiger partial charge in [-0.05, 0) is 6.42 Å². The van der Waals surface area contributed by atoms with Crippen molar-refractivity contribution in [2.24, 2.45) is 0 Å². The van der Waals surface area contributed by atoms with Gasteiger partial charge in [0.25, 0.3) is 5.56 Å². The van der Waals surface area contributed by atoms with Crippen LogP contribution in [0.4, 0.5) is 0 Å². The minimum Gasteiger partial charge on any atom is -0.394 e. The van der Waals surface area contributed by atoms with Crippen LogP contribution in [0, 0.1) is 0 Å². The van der Waals surface area contributed by atoms with Crippen molar-refractivity contribution in [2.75, 3.05) is 6.61 Å². The van der Waals surface area contributed by atoms with Crippen LogP contribution in [0.5, 0.6) is 0 Å². The van der Waals surface area contributed by atoms with Gasteiger partial charge in [-0.1, -0.05) is 19.1 Å². The van der Waals surface area contributed by atoms with E-state index in [4.69, 9.17) is 9.84 Å². The molecule has 1 aromatic rings. The molecule has 110 valence electrons. The number of rotatable bonds is 4. The summed E-state index contributed by atoms with van der Waals surface area (Å²) in [6, 6.07) is 0. The van der Waals surface area contributed by atoms with Gasteiger partial charge in [-0.25, -0.2) is 4.79 Å². The third-order valence-electron chi connectivity index (χ3n) is 3.22. The first-order chi connectivity index (χ1) is 9.56. The molecule has 3 atom stereocenters. The van der Waals surface area contributed by atoms with Crippen LogP contribution < -0.4 is 11.2 Å². The lowest BCUT2D eigenvalue weighted by atomic mass is 10.2. The van der Waals surface area contributed by atoms with Crippen molar-refractivity contribution in [1.29, 1.82) is 0 Å². The number of nitrogens with zero attached hydrogens (tertiary/aromatic N) is 1. The summed E-state index contributed by atoms with van der Waals surface area (Å²) >= 11 is 0. The van der Waals surface area contributed by atoms with Crippen LogP contribution in [-0.4, -0.2) is 38.6 Å². The molecule has 0 spiro atoms. The van der Waals surface area contributed by atoms with E-state index in [9.17, 15) is 14.7 Å². The SMILES string of the molecule is CCC=Cc1cn([C@H]2C[C@H](O)[C@@H](CO)O2)c(=O)[nH]c1=O. The van der Waals surface area contributed by atoms with Gasteiger partial charge in [-0.3, -0.25) is 14.3 Å². The predicted octanol–water partition coefficient (Wildman–Crippen LogP) is -0.400. The Hall–Kier alpha value is -1.70. The summed E-state index contributed by atoms with van der Waals surface area (Å²) in [4.78, 5) is 25.7. The largest absolute Gasteiger partial charge is 0.394 e. The summed E-state index contributed by atoms with van der Waals surface area (Å²) < 4.78 is 6.64. The molecule has 1 aliphatic rings. The number of aromatic nitrogens is 2. The van der Waals surface area contributed by atoms with E-state index in [1.54, 1.807) is 12.2 Å². The van der Waals surface area contributed by atoms with E-state index in [0.29, 0.717) is 5.56 Å². The van der Waals surface area contributed by atoms with Gasteiger partial charge in [0.1, 0.15) is 12.3 Å². The van der Waals surface area contributed by atoms with E-state index in [-0.39, 0.29) is 13.0 Å². The Morgan fingerprint density at radius 1 is 1.55 bits per heavy atom. The van der Waals surface area contributed by atoms with E-state index in [1.807, 2.05) is 6.92 Å². The van der Waals surface area contributed by atoms with E-state index >= 15 is 0 Å². The number of aromatic amines is 1. The molecule has 2 rings (SSSR count). The van der Waals surface area contributed by atoms with Crippen molar-refractivity contribution < 1.29 is 14.9 Å². The van der Waals surface area contributed by atoms with Crippen LogP contribution in [0.15, 0.2) is 21.9 Å². The Bertz CT molecular complexity index is 604. The van der Waals surface area contributed by atoms with Crippen molar-refractivity contribution >= 4 is 6.08 Å². The van der Waals surface area contributed by atoms with Crippen molar-refractivity contribution in [2.45, 2.75) is 38.2 Å². The molecule has 0 unspecified atom stereocenters. The van der Waals surface area contributed by atoms with Gasteiger partial charge in [-0.15, -0.1) is 0 Å². The van der Waals surface area contributed by atoms with Crippen LogP contribution in [-0.2, 0) is 4.74 Å². The van der Waals surface area contributed by atoms with Crippen LogP contribution in [0.1, 0.15) is 31.6 Å². The third kappa shape index (κ3) is 2.90. The number of aliphatic hydroxyl groups is 2. The number of aliphatic hydroxyl groups excluding tert-OH is 2. The normalized spacial score (nSPS) is 26.4. The van der Waals surface area contributed by atoms with Gasteiger partial charge in [0.15, 0.2) is 0 Å². The summed E-state index contributed by atoms with van der Waals surface area (Å²) in [6.45, 7) is 1.61. The summed E-state index contributed by atoms with van der Waals surface area (Å²) in [5.74, 6) is 0. The topological polar surface area (TPSA) is 105 Å². The number of ether oxygens (including phenoxy) is 1. The monoisotopic (exact) mass is 282 g/mol. The minimum absolute atomic E-state index is 0.189. The zero-order valence-electron chi connectivity index (χ0n) is 11.2. The second-order valence-corrected chi connectivity index (χ2v) is 4.68. The minimum atomic E-state index is -0.835. The molecular formula is C13H18N2O5. The highest BCUT2D eigenvalue weighted by Gasteiger charge is 2.35. The molecule has 7 heteroatoms. The molecule has 0 radical (unpaired) electrons. The summed E-state index contributed by atoms with van der Waals surface area (Å²) in [5.41, 5.74) is -0.718. The molecular weight excluding hydrogens is 264 g/mol. The van der Waals surface area contributed by atoms with E-state index in [0.717, 1.165) is 6.42 Å². The van der Waals surface area contributed by atoms with Crippen molar-refractivity contribution in [1.82, 2.24) is 9.55 Å². The quantitative estimate of drug-likeness (QED) is 0.697. The molecule has 3 N–H and O–H groups in total. The molecule has 1 fully saturated rings. The first-order valence-corrected chi connectivity index (χ1v) is 6.53. The van der Waals surface area contributed by atoms with E-state index in [2.05, 4.69) is 4.98 Å². The van der Waals surface area contributed by atoms with Gasteiger partial charge >= 0.3 is 5.69 Å². The Morgan fingerprint density at radius 3 is 2.90 bits per heavy atom. The van der Waals surface area contributed by atoms with Gasteiger partial charge < -0.3 is 14.9 Å². The number of H-pyrrole nitrogens is 1. The number of hydrogen-bond acceptors (Lipinski definition) is 5. The highest BCUT2D eigenvalue weighted by atomic mass is 16.5. The van der Waals surface area contributed by atoms with Gasteiger partial charge in [0, 0.05) is 12.6 Å². The molecule has 1 aliphatic heterocycles. The summed E-state index contributed by atoms with van der Waals surface area (Å²) in [7, 11) is 0. The molecule has 2 heterocycles. The highest BCUT2D eigenvalue weighted by Crippen LogP contribution is 2.27. The summed E-state index contributed by atoms with van der Waals surface area (Å²) in [6.07, 6.45) is 3.55. The van der Waals surface area contributed by atoms with Gasteiger partial charge in [-0.2, -0.15) is 0 Å². The molecule has 7 nitrogen and oxygen atoms in total. The Balaban J connectivity index is 2.35. The lowest BCUT2D eigenvalue weighted by Gasteiger charge is -2.14. The van der Waals surface area contributed by atoms with Crippen molar-refractivity contribution in [3.05, 3.63) is 38.7 Å². The fourth-order valence-electron chi connectivity index (χ4n) is 2.13. The molecule has 0 aliphatic carbocycles. The predicted molar refractivity (Wildman–Crippen MR) is 72.3 cm³/mol. The lowest BCUT2D eigenvalue weighted by Crippen LogP contribution is -2.33. The van der Waals surface area contributed by atoms with E-state index < -0.39 is 29.7 Å². The van der Waals surface area contributed by atoms with Crippen LogP contribution in [0.3, 0.4) is 0 Å². The third-order valence-corrected chi connectivity index (χ3v) is 3.22. The molecule has 1 aromatic heterocycles. The Kier molecular flexibility index (Phi) is 4.53. The number of hydrogen-bond donors (Lipinski definition) is 3. The zero-order valence-corrected chi connectivity index (χ0v) is 11.2. The standard InChI is InChI=1S/C13H18N2O5/c1-2-3-4-8-6-15(13(19)14-12(8)18)11-5-9(17)10(7-16)20-11/h3-4,6,9-11,16-17H,2,5,7H2,1H3,(H,14,18,19)/t9-,10+,11+/m0/s1. The molecule has 20 heavy (non-hydrogen) atoms. The molecule has 0 aromatic carbocycles. The molecule has 1 saturated heterocycles. The molecule has 0 saturated carbocycles.